The summed E-state index contributed by atoms with van der Waals surface area (Å²) >= 11 is 0. The highest BCUT2D eigenvalue weighted by atomic mass is 35.5. The molecule has 1 fully saturated rings. The molecule has 0 bridgehead atoms. The van der Waals surface area contributed by atoms with Crippen molar-refractivity contribution in [3.63, 3.8) is 0 Å². The van der Waals surface area contributed by atoms with E-state index in [1.165, 1.54) is 12.0 Å². The van der Waals surface area contributed by atoms with Crippen molar-refractivity contribution in [2.24, 2.45) is 11.7 Å². The number of hydrogen-bond donors (Lipinski definition) is 2. The van der Waals surface area contributed by atoms with Gasteiger partial charge in [0.1, 0.15) is 0 Å². The molecule has 0 aromatic heterocycles. The Balaban J connectivity index is 0.00000162. The van der Waals surface area contributed by atoms with Gasteiger partial charge in [0.25, 0.3) is 0 Å². The third-order valence-corrected chi connectivity index (χ3v) is 3.84. The van der Waals surface area contributed by atoms with Crippen LogP contribution in [0.25, 0.3) is 0 Å². The van der Waals surface area contributed by atoms with E-state index in [9.17, 15) is 0 Å². The Bertz CT molecular complexity index is 348. The van der Waals surface area contributed by atoms with Crippen LogP contribution in [0.15, 0.2) is 30.3 Å². The highest BCUT2D eigenvalue weighted by Crippen LogP contribution is 2.21. The van der Waals surface area contributed by atoms with Gasteiger partial charge in [-0.1, -0.05) is 37.3 Å². The van der Waals surface area contributed by atoms with E-state index in [2.05, 4.69) is 47.5 Å². The summed E-state index contributed by atoms with van der Waals surface area (Å²) in [7, 11) is 2.01. The predicted molar refractivity (Wildman–Crippen MR) is 86.0 cm³/mol. The zero-order valence-corrected chi connectivity index (χ0v) is 13.2. The molecule has 3 N–H and O–H groups in total. The largest absolute Gasteiger partial charge is 0.314 e. The van der Waals surface area contributed by atoms with E-state index in [4.69, 9.17) is 5.73 Å². The standard InChI is InChI=1S/C14H23N3.2ClH/c1-11-8-9-17(14(15)13(11)16-2)10-12-6-4-3-5-7-12;;/h3-7,11,13-14,16H,8-10,15H2,1-2H3;2*1H/t11-,13-,14?;;/m1../s1. The first kappa shape index (κ1) is 18.7. The van der Waals surface area contributed by atoms with Crippen LogP contribution in [-0.2, 0) is 6.54 Å². The van der Waals surface area contributed by atoms with E-state index in [1.54, 1.807) is 0 Å². The van der Waals surface area contributed by atoms with Crippen LogP contribution < -0.4 is 11.1 Å². The number of piperidine rings is 1. The highest BCUT2D eigenvalue weighted by molar-refractivity contribution is 5.85. The van der Waals surface area contributed by atoms with Gasteiger partial charge >= 0.3 is 0 Å². The Morgan fingerprint density at radius 3 is 2.47 bits per heavy atom. The zero-order valence-electron chi connectivity index (χ0n) is 11.6. The molecule has 0 amide bonds. The van der Waals surface area contributed by atoms with Crippen molar-refractivity contribution in [2.45, 2.75) is 32.1 Å². The molecule has 110 valence electrons. The summed E-state index contributed by atoms with van der Waals surface area (Å²) in [6, 6.07) is 11.0. The first-order valence-electron chi connectivity index (χ1n) is 6.43. The summed E-state index contributed by atoms with van der Waals surface area (Å²) in [5.41, 5.74) is 7.68. The molecular formula is C14H25Cl2N3. The van der Waals surface area contributed by atoms with E-state index in [1.807, 2.05) is 7.05 Å². The molecule has 0 aliphatic carbocycles. The number of nitrogens with two attached hydrogens (primary N) is 1. The maximum Gasteiger partial charge on any atom is 0.0735 e. The summed E-state index contributed by atoms with van der Waals surface area (Å²) < 4.78 is 0. The van der Waals surface area contributed by atoms with Crippen molar-refractivity contribution in [2.75, 3.05) is 13.6 Å². The third-order valence-electron chi connectivity index (χ3n) is 3.84. The van der Waals surface area contributed by atoms with Gasteiger partial charge in [0.2, 0.25) is 0 Å². The number of halogens is 2. The van der Waals surface area contributed by atoms with Crippen molar-refractivity contribution in [1.82, 2.24) is 10.2 Å². The van der Waals surface area contributed by atoms with Crippen molar-refractivity contribution in [1.29, 1.82) is 0 Å². The minimum atomic E-state index is 0. The fourth-order valence-corrected chi connectivity index (χ4v) is 2.72. The van der Waals surface area contributed by atoms with Gasteiger partial charge in [-0.25, -0.2) is 0 Å². The monoisotopic (exact) mass is 305 g/mol. The van der Waals surface area contributed by atoms with Gasteiger partial charge in [0.05, 0.1) is 6.17 Å². The average molecular weight is 306 g/mol. The number of benzene rings is 1. The minimum Gasteiger partial charge on any atom is -0.314 e. The maximum atomic E-state index is 6.34. The maximum absolute atomic E-state index is 6.34. The fraction of sp³-hybridized carbons (Fsp3) is 0.571. The normalized spacial score (nSPS) is 27.2. The Morgan fingerprint density at radius 1 is 1.26 bits per heavy atom. The molecule has 1 aliphatic heterocycles. The third kappa shape index (κ3) is 4.62. The molecule has 0 radical (unpaired) electrons. The SMILES string of the molecule is CN[C@H]1C(N)N(Cc2ccccc2)CC[C@H]1C.Cl.Cl. The molecule has 1 unspecified atom stereocenters. The number of rotatable bonds is 3. The van der Waals surface area contributed by atoms with Crippen LogP contribution in [0.1, 0.15) is 18.9 Å². The van der Waals surface area contributed by atoms with Crippen molar-refractivity contribution in [3.8, 4) is 0 Å². The van der Waals surface area contributed by atoms with Crippen molar-refractivity contribution in [3.05, 3.63) is 35.9 Å². The van der Waals surface area contributed by atoms with Gasteiger partial charge in [-0.05, 0) is 24.9 Å². The van der Waals surface area contributed by atoms with Crippen molar-refractivity contribution < 1.29 is 0 Å². The van der Waals surface area contributed by atoms with E-state index in [0.717, 1.165) is 13.1 Å². The van der Waals surface area contributed by atoms with Crippen LogP contribution in [0, 0.1) is 5.92 Å². The number of likely N-dealkylation sites (N-methyl/N-ethyl adjacent to an activating group) is 1. The molecule has 0 spiro atoms. The Morgan fingerprint density at radius 2 is 1.89 bits per heavy atom. The topological polar surface area (TPSA) is 41.3 Å². The van der Waals surface area contributed by atoms with Gasteiger partial charge in [0, 0.05) is 19.1 Å². The number of likely N-dealkylation sites (tertiary alicyclic amines) is 1. The Labute approximate surface area is 128 Å². The number of hydrogen-bond acceptors (Lipinski definition) is 3. The van der Waals surface area contributed by atoms with E-state index < -0.39 is 0 Å². The van der Waals surface area contributed by atoms with Crippen LogP contribution in [-0.4, -0.2) is 30.7 Å². The second kappa shape index (κ2) is 8.77. The van der Waals surface area contributed by atoms with Gasteiger partial charge in [0.15, 0.2) is 0 Å². The summed E-state index contributed by atoms with van der Waals surface area (Å²) in [6.45, 7) is 4.32. The Hall–Kier alpha value is -0.320. The van der Waals surface area contributed by atoms with Gasteiger partial charge in [-0.2, -0.15) is 0 Å². The van der Waals surface area contributed by atoms with E-state index in [0.29, 0.717) is 12.0 Å². The number of nitrogens with zero attached hydrogens (tertiary/aromatic N) is 1. The molecule has 19 heavy (non-hydrogen) atoms. The zero-order chi connectivity index (χ0) is 12.3. The molecule has 1 aliphatic rings. The number of nitrogens with one attached hydrogen (secondary N) is 1. The second-order valence-corrected chi connectivity index (χ2v) is 5.03. The molecular weight excluding hydrogens is 281 g/mol. The summed E-state index contributed by atoms with van der Waals surface area (Å²) in [4.78, 5) is 2.37. The summed E-state index contributed by atoms with van der Waals surface area (Å²) in [5, 5.41) is 3.35. The summed E-state index contributed by atoms with van der Waals surface area (Å²) in [5.74, 6) is 0.655. The van der Waals surface area contributed by atoms with Crippen LogP contribution in [0.2, 0.25) is 0 Å². The van der Waals surface area contributed by atoms with Crippen LogP contribution in [0.5, 0.6) is 0 Å². The van der Waals surface area contributed by atoms with E-state index in [-0.39, 0.29) is 31.0 Å². The molecule has 1 aromatic carbocycles. The molecule has 1 heterocycles. The fourth-order valence-electron chi connectivity index (χ4n) is 2.72. The lowest BCUT2D eigenvalue weighted by atomic mass is 9.90. The molecule has 3 nitrogen and oxygen atoms in total. The molecule has 1 aromatic rings. The second-order valence-electron chi connectivity index (χ2n) is 5.03. The molecule has 3 atom stereocenters. The lowest BCUT2D eigenvalue weighted by molar-refractivity contribution is 0.0781. The average Bonchev–Trinajstić information content (AvgIpc) is 2.35. The predicted octanol–water partition coefficient (Wildman–Crippen LogP) is 2.24. The lowest BCUT2D eigenvalue weighted by Crippen LogP contribution is -2.60. The van der Waals surface area contributed by atoms with E-state index >= 15 is 0 Å². The van der Waals surface area contributed by atoms with Gasteiger partial charge in [-0.3, -0.25) is 4.90 Å². The van der Waals surface area contributed by atoms with Gasteiger partial charge < -0.3 is 11.1 Å². The van der Waals surface area contributed by atoms with Crippen LogP contribution >= 0.6 is 24.8 Å². The molecule has 5 heteroatoms. The first-order valence-corrected chi connectivity index (χ1v) is 6.43. The highest BCUT2D eigenvalue weighted by Gasteiger charge is 2.32. The van der Waals surface area contributed by atoms with Crippen molar-refractivity contribution >= 4 is 24.8 Å². The summed E-state index contributed by atoms with van der Waals surface area (Å²) in [6.07, 6.45) is 1.33. The molecule has 2 rings (SSSR count). The first-order chi connectivity index (χ1) is 8.22. The van der Waals surface area contributed by atoms with Gasteiger partial charge in [-0.15, -0.1) is 24.8 Å². The van der Waals surface area contributed by atoms with Crippen LogP contribution in [0.4, 0.5) is 0 Å². The lowest BCUT2D eigenvalue weighted by Gasteiger charge is -2.42. The minimum absolute atomic E-state index is 0. The van der Waals surface area contributed by atoms with Crippen LogP contribution in [0.3, 0.4) is 0 Å². The quantitative estimate of drug-likeness (QED) is 0.900. The smallest absolute Gasteiger partial charge is 0.0735 e. The molecule has 0 saturated carbocycles. The molecule has 1 saturated heterocycles. The Kier molecular flexibility index (Phi) is 8.62.